The number of ether oxygens (including phenoxy) is 1. The van der Waals surface area contributed by atoms with Crippen LogP contribution in [-0.2, 0) is 11.2 Å². The van der Waals surface area contributed by atoms with Crippen molar-refractivity contribution < 1.29 is 4.74 Å². The molecule has 4 heteroatoms. The zero-order valence-corrected chi connectivity index (χ0v) is 13.2. The van der Waals surface area contributed by atoms with Gasteiger partial charge >= 0.3 is 0 Å². The predicted octanol–water partition coefficient (Wildman–Crippen LogP) is 4.83. The van der Waals surface area contributed by atoms with Crippen LogP contribution in [0.2, 0.25) is 5.02 Å². The van der Waals surface area contributed by atoms with Crippen molar-refractivity contribution in [3.05, 3.63) is 63.1 Å². The van der Waals surface area contributed by atoms with Gasteiger partial charge in [0.25, 0.3) is 0 Å². The standard InChI is InChI=1S/C16H15BrClNO/c17-14-9-12(18)5-6-15(14)19-10-16-13-4-2-1-3-11(13)7-8-20-16/h1-6,9,16,19H,7-8,10H2. The van der Waals surface area contributed by atoms with E-state index in [4.69, 9.17) is 16.3 Å². The highest BCUT2D eigenvalue weighted by atomic mass is 79.9. The normalized spacial score (nSPS) is 17.6. The Morgan fingerprint density at radius 1 is 1.25 bits per heavy atom. The van der Waals surface area contributed by atoms with Gasteiger partial charge in [-0.1, -0.05) is 35.9 Å². The summed E-state index contributed by atoms with van der Waals surface area (Å²) in [4.78, 5) is 0. The summed E-state index contributed by atoms with van der Waals surface area (Å²) in [6.45, 7) is 1.53. The van der Waals surface area contributed by atoms with Crippen molar-refractivity contribution in [2.45, 2.75) is 12.5 Å². The van der Waals surface area contributed by atoms with Gasteiger partial charge in [-0.25, -0.2) is 0 Å². The highest BCUT2D eigenvalue weighted by molar-refractivity contribution is 9.10. The van der Waals surface area contributed by atoms with E-state index < -0.39 is 0 Å². The molecule has 1 N–H and O–H groups in total. The smallest absolute Gasteiger partial charge is 0.0999 e. The largest absolute Gasteiger partial charge is 0.381 e. The Bertz CT molecular complexity index is 617. The minimum absolute atomic E-state index is 0.0996. The molecular weight excluding hydrogens is 338 g/mol. The first-order chi connectivity index (χ1) is 9.74. The van der Waals surface area contributed by atoms with E-state index in [1.54, 1.807) is 0 Å². The lowest BCUT2D eigenvalue weighted by molar-refractivity contribution is 0.0513. The Balaban J connectivity index is 1.73. The molecule has 1 unspecified atom stereocenters. The van der Waals surface area contributed by atoms with Gasteiger partial charge in [0, 0.05) is 21.7 Å². The highest BCUT2D eigenvalue weighted by Gasteiger charge is 2.20. The fourth-order valence-electron chi connectivity index (χ4n) is 2.48. The van der Waals surface area contributed by atoms with Gasteiger partial charge in [0.15, 0.2) is 0 Å². The van der Waals surface area contributed by atoms with Crippen molar-refractivity contribution >= 4 is 33.2 Å². The zero-order chi connectivity index (χ0) is 13.9. The molecule has 1 heterocycles. The Kier molecular flexibility index (Phi) is 4.29. The van der Waals surface area contributed by atoms with Gasteiger partial charge in [0.2, 0.25) is 0 Å². The third kappa shape index (κ3) is 3.00. The van der Waals surface area contributed by atoms with Crippen molar-refractivity contribution in [1.29, 1.82) is 0 Å². The second-order valence-corrected chi connectivity index (χ2v) is 6.10. The molecule has 0 spiro atoms. The van der Waals surface area contributed by atoms with Gasteiger partial charge in [-0.3, -0.25) is 0 Å². The van der Waals surface area contributed by atoms with E-state index in [0.29, 0.717) is 0 Å². The Hall–Kier alpha value is -1.03. The summed E-state index contributed by atoms with van der Waals surface area (Å²) in [5.74, 6) is 0. The molecule has 2 nitrogen and oxygen atoms in total. The summed E-state index contributed by atoms with van der Waals surface area (Å²) in [6.07, 6.45) is 1.10. The van der Waals surface area contributed by atoms with Crippen molar-refractivity contribution in [2.24, 2.45) is 0 Å². The molecule has 1 aliphatic rings. The summed E-state index contributed by atoms with van der Waals surface area (Å²) in [5.41, 5.74) is 3.71. The Labute approximate surface area is 132 Å². The summed E-state index contributed by atoms with van der Waals surface area (Å²) < 4.78 is 6.85. The number of anilines is 1. The third-order valence-corrected chi connectivity index (χ3v) is 4.39. The molecule has 0 aromatic heterocycles. The maximum Gasteiger partial charge on any atom is 0.0999 e. The van der Waals surface area contributed by atoms with Crippen LogP contribution in [0.3, 0.4) is 0 Å². The first-order valence-corrected chi connectivity index (χ1v) is 7.79. The monoisotopic (exact) mass is 351 g/mol. The van der Waals surface area contributed by atoms with E-state index in [-0.39, 0.29) is 6.10 Å². The Morgan fingerprint density at radius 3 is 2.95 bits per heavy atom. The van der Waals surface area contributed by atoms with Crippen molar-refractivity contribution in [3.8, 4) is 0 Å². The molecule has 0 saturated heterocycles. The zero-order valence-electron chi connectivity index (χ0n) is 10.9. The molecule has 2 aromatic rings. The molecule has 0 bridgehead atoms. The number of halogens is 2. The second-order valence-electron chi connectivity index (χ2n) is 4.81. The molecule has 104 valence electrons. The molecule has 0 radical (unpaired) electrons. The van der Waals surface area contributed by atoms with E-state index >= 15 is 0 Å². The van der Waals surface area contributed by atoms with Gasteiger partial charge in [-0.15, -0.1) is 0 Å². The first-order valence-electron chi connectivity index (χ1n) is 6.62. The van der Waals surface area contributed by atoms with Gasteiger partial charge in [0.05, 0.1) is 12.7 Å². The van der Waals surface area contributed by atoms with Crippen LogP contribution in [0.1, 0.15) is 17.2 Å². The van der Waals surface area contributed by atoms with E-state index in [2.05, 4.69) is 45.5 Å². The molecule has 0 amide bonds. The minimum Gasteiger partial charge on any atom is -0.381 e. The summed E-state index contributed by atoms with van der Waals surface area (Å²) in [7, 11) is 0. The van der Waals surface area contributed by atoms with E-state index in [1.807, 2.05) is 18.2 Å². The number of hydrogen-bond acceptors (Lipinski definition) is 2. The summed E-state index contributed by atoms with van der Waals surface area (Å²) in [6, 6.07) is 14.2. The van der Waals surface area contributed by atoms with Crippen LogP contribution in [0.5, 0.6) is 0 Å². The van der Waals surface area contributed by atoms with Crippen molar-refractivity contribution in [3.63, 3.8) is 0 Å². The lowest BCUT2D eigenvalue weighted by atomic mass is 9.97. The second kappa shape index (κ2) is 6.17. The van der Waals surface area contributed by atoms with Crippen molar-refractivity contribution in [2.75, 3.05) is 18.5 Å². The van der Waals surface area contributed by atoms with Crippen LogP contribution in [0.4, 0.5) is 5.69 Å². The molecule has 1 aliphatic heterocycles. The lowest BCUT2D eigenvalue weighted by Crippen LogP contribution is -2.22. The van der Waals surface area contributed by atoms with Crippen LogP contribution >= 0.6 is 27.5 Å². The topological polar surface area (TPSA) is 21.3 Å². The van der Waals surface area contributed by atoms with Crippen LogP contribution in [-0.4, -0.2) is 13.2 Å². The van der Waals surface area contributed by atoms with Crippen LogP contribution in [0, 0.1) is 0 Å². The molecule has 1 atom stereocenters. The molecule has 3 rings (SSSR count). The maximum atomic E-state index is 5.95. The first kappa shape index (κ1) is 13.9. The highest BCUT2D eigenvalue weighted by Crippen LogP contribution is 2.30. The van der Waals surface area contributed by atoms with Crippen LogP contribution in [0.25, 0.3) is 0 Å². The number of nitrogens with one attached hydrogen (secondary N) is 1. The van der Waals surface area contributed by atoms with Gasteiger partial charge in [-0.2, -0.15) is 0 Å². The SMILES string of the molecule is Clc1ccc(NCC2OCCc3ccccc32)c(Br)c1. The van der Waals surface area contributed by atoms with E-state index in [0.717, 1.165) is 34.8 Å². The average molecular weight is 353 g/mol. The summed E-state index contributed by atoms with van der Waals surface area (Å²) in [5, 5.41) is 4.14. The van der Waals surface area contributed by atoms with Crippen LogP contribution < -0.4 is 5.32 Å². The third-order valence-electron chi connectivity index (χ3n) is 3.50. The maximum absolute atomic E-state index is 5.95. The summed E-state index contributed by atoms with van der Waals surface area (Å²) >= 11 is 9.47. The number of fused-ring (bicyclic) bond motifs is 1. The fraction of sp³-hybridized carbons (Fsp3) is 0.250. The molecular formula is C16H15BrClNO. The Morgan fingerprint density at radius 2 is 2.10 bits per heavy atom. The lowest BCUT2D eigenvalue weighted by Gasteiger charge is -2.26. The quantitative estimate of drug-likeness (QED) is 0.854. The number of hydrogen-bond donors (Lipinski definition) is 1. The van der Waals surface area contributed by atoms with Gasteiger partial charge < -0.3 is 10.1 Å². The van der Waals surface area contributed by atoms with E-state index in [9.17, 15) is 0 Å². The molecule has 0 fully saturated rings. The molecule has 0 aliphatic carbocycles. The van der Waals surface area contributed by atoms with E-state index in [1.165, 1.54) is 11.1 Å². The number of benzene rings is 2. The number of rotatable bonds is 3. The van der Waals surface area contributed by atoms with Crippen molar-refractivity contribution in [1.82, 2.24) is 0 Å². The molecule has 2 aromatic carbocycles. The van der Waals surface area contributed by atoms with Gasteiger partial charge in [0.1, 0.15) is 0 Å². The fourth-order valence-corrected chi connectivity index (χ4v) is 3.30. The predicted molar refractivity (Wildman–Crippen MR) is 86.5 cm³/mol. The molecule has 20 heavy (non-hydrogen) atoms. The van der Waals surface area contributed by atoms with Gasteiger partial charge in [-0.05, 0) is 51.7 Å². The molecule has 0 saturated carbocycles. The average Bonchev–Trinajstić information content (AvgIpc) is 2.46. The van der Waals surface area contributed by atoms with Crippen LogP contribution in [0.15, 0.2) is 46.9 Å². The minimum atomic E-state index is 0.0996.